The van der Waals surface area contributed by atoms with Gasteiger partial charge in [0.2, 0.25) is 0 Å². The molecule has 0 aromatic carbocycles. The molecule has 13 heavy (non-hydrogen) atoms. The van der Waals surface area contributed by atoms with E-state index in [-0.39, 0.29) is 0 Å². The van der Waals surface area contributed by atoms with Crippen LogP contribution in [-0.4, -0.2) is 0 Å². The minimum atomic E-state index is 1.14. The van der Waals surface area contributed by atoms with Gasteiger partial charge in [-0.2, -0.15) is 0 Å². The summed E-state index contributed by atoms with van der Waals surface area (Å²) in [5, 5.41) is 0. The Bertz CT molecular complexity index is 251. The highest BCUT2D eigenvalue weighted by Gasteiger charge is 2.74. The third kappa shape index (κ3) is 0.680. The maximum atomic E-state index is 2.49. The molecule has 4 aliphatic carbocycles. The van der Waals surface area contributed by atoms with Gasteiger partial charge in [0.1, 0.15) is 0 Å². The fourth-order valence-corrected chi connectivity index (χ4v) is 5.12. The molecule has 72 valence electrons. The fourth-order valence-electron chi connectivity index (χ4n) is 5.12. The maximum absolute atomic E-state index is 2.49. The second kappa shape index (κ2) is 1.99. The Hall–Kier alpha value is 0. The van der Waals surface area contributed by atoms with Gasteiger partial charge in [-0.1, -0.05) is 20.3 Å². The molecule has 0 nitrogen and oxygen atoms in total. The molecule has 0 saturated heterocycles. The molecule has 0 aliphatic heterocycles. The molecule has 0 radical (unpaired) electrons. The lowest BCUT2D eigenvalue weighted by molar-refractivity contribution is -0.0538. The molecule has 0 amide bonds. The van der Waals surface area contributed by atoms with E-state index >= 15 is 0 Å². The van der Waals surface area contributed by atoms with Crippen molar-refractivity contribution in [3.63, 3.8) is 0 Å². The SMILES string of the molecule is CCC1CC1C1CC2C3C(C)C3C12. The third-order valence-corrected chi connectivity index (χ3v) is 6.04. The minimum Gasteiger partial charge on any atom is -0.0651 e. The van der Waals surface area contributed by atoms with Crippen molar-refractivity contribution in [2.75, 3.05) is 0 Å². The van der Waals surface area contributed by atoms with E-state index in [1.54, 1.807) is 12.8 Å². The van der Waals surface area contributed by atoms with Gasteiger partial charge < -0.3 is 0 Å². The monoisotopic (exact) mass is 176 g/mol. The number of hydrogen-bond donors (Lipinski definition) is 0. The van der Waals surface area contributed by atoms with Crippen LogP contribution >= 0.6 is 0 Å². The average Bonchev–Trinajstić information content (AvgIpc) is 2.94. The van der Waals surface area contributed by atoms with Crippen molar-refractivity contribution in [1.82, 2.24) is 0 Å². The van der Waals surface area contributed by atoms with Crippen LogP contribution in [0.4, 0.5) is 0 Å². The molecular formula is C13H20. The van der Waals surface area contributed by atoms with Gasteiger partial charge in [0.25, 0.3) is 0 Å². The molecule has 8 unspecified atom stereocenters. The van der Waals surface area contributed by atoms with Gasteiger partial charge in [-0.3, -0.25) is 0 Å². The Labute approximate surface area is 81.1 Å². The lowest BCUT2D eigenvalue weighted by Gasteiger charge is -2.53. The lowest BCUT2D eigenvalue weighted by Crippen LogP contribution is -2.48. The van der Waals surface area contributed by atoms with Crippen LogP contribution in [0.25, 0.3) is 0 Å². The van der Waals surface area contributed by atoms with Gasteiger partial charge in [0.05, 0.1) is 0 Å². The molecule has 0 N–H and O–H groups in total. The molecule has 8 atom stereocenters. The first-order chi connectivity index (χ1) is 6.33. The Morgan fingerprint density at radius 1 is 0.923 bits per heavy atom. The topological polar surface area (TPSA) is 0 Å². The molecule has 4 fully saturated rings. The lowest BCUT2D eigenvalue weighted by atomic mass is 9.52. The van der Waals surface area contributed by atoms with Gasteiger partial charge in [0.15, 0.2) is 0 Å². The van der Waals surface area contributed by atoms with E-state index in [4.69, 9.17) is 0 Å². The van der Waals surface area contributed by atoms with E-state index in [0.717, 1.165) is 11.8 Å². The van der Waals surface area contributed by atoms with Crippen molar-refractivity contribution in [2.45, 2.75) is 33.1 Å². The molecule has 0 bridgehead atoms. The van der Waals surface area contributed by atoms with Crippen LogP contribution < -0.4 is 0 Å². The highest BCUT2D eigenvalue weighted by molar-refractivity contribution is 5.22. The van der Waals surface area contributed by atoms with Gasteiger partial charge in [0, 0.05) is 0 Å². The van der Waals surface area contributed by atoms with Crippen LogP contribution in [-0.2, 0) is 0 Å². The van der Waals surface area contributed by atoms with Gasteiger partial charge in [-0.15, -0.1) is 0 Å². The van der Waals surface area contributed by atoms with Crippen LogP contribution in [0.3, 0.4) is 0 Å². The predicted molar refractivity (Wildman–Crippen MR) is 53.1 cm³/mol. The molecular weight excluding hydrogens is 156 g/mol. The summed E-state index contributed by atoms with van der Waals surface area (Å²) in [6.07, 6.45) is 4.69. The normalized spacial score (nSPS) is 71.5. The second-order valence-electron chi connectivity index (χ2n) is 6.22. The molecule has 0 aromatic heterocycles. The smallest absolute Gasteiger partial charge is 0.0318 e. The first kappa shape index (κ1) is 7.31. The zero-order valence-corrected chi connectivity index (χ0v) is 8.74. The second-order valence-corrected chi connectivity index (χ2v) is 6.22. The van der Waals surface area contributed by atoms with Crippen LogP contribution in [0, 0.1) is 47.3 Å². The van der Waals surface area contributed by atoms with Gasteiger partial charge in [-0.05, 0) is 60.2 Å². The third-order valence-electron chi connectivity index (χ3n) is 6.04. The highest BCUT2D eigenvalue weighted by Crippen LogP contribution is 2.79. The summed E-state index contributed by atoms with van der Waals surface area (Å²) in [5.74, 6) is 9.60. The summed E-state index contributed by atoms with van der Waals surface area (Å²) in [6.45, 7) is 4.87. The van der Waals surface area contributed by atoms with Crippen LogP contribution in [0.1, 0.15) is 33.1 Å². The van der Waals surface area contributed by atoms with E-state index in [1.807, 2.05) is 0 Å². The first-order valence-electron chi connectivity index (χ1n) is 6.33. The number of fused-ring (bicyclic) bond motifs is 4. The number of rotatable bonds is 2. The Morgan fingerprint density at radius 3 is 2.38 bits per heavy atom. The van der Waals surface area contributed by atoms with Crippen molar-refractivity contribution in [1.29, 1.82) is 0 Å². The standard InChI is InChI=1S/C13H20/c1-3-7-4-8(7)9-5-10-11-6(2)12(11)13(9)10/h6-13H,3-5H2,1-2H3. The summed E-state index contributed by atoms with van der Waals surface area (Å²) >= 11 is 0. The molecule has 0 spiro atoms. The van der Waals surface area contributed by atoms with Crippen molar-refractivity contribution in [3.8, 4) is 0 Å². The number of hydrogen-bond acceptors (Lipinski definition) is 0. The molecule has 4 saturated carbocycles. The van der Waals surface area contributed by atoms with Gasteiger partial charge in [-0.25, -0.2) is 0 Å². The van der Waals surface area contributed by atoms with Crippen LogP contribution in [0.15, 0.2) is 0 Å². The summed E-state index contributed by atoms with van der Waals surface area (Å²) in [5.41, 5.74) is 0. The quantitative estimate of drug-likeness (QED) is 0.606. The molecule has 0 heterocycles. The highest BCUT2D eigenvalue weighted by atomic mass is 14.8. The largest absolute Gasteiger partial charge is 0.0651 e. The molecule has 0 aromatic rings. The van der Waals surface area contributed by atoms with Crippen molar-refractivity contribution >= 4 is 0 Å². The van der Waals surface area contributed by atoms with Crippen molar-refractivity contribution in [2.24, 2.45) is 47.3 Å². The van der Waals surface area contributed by atoms with E-state index in [1.165, 1.54) is 41.9 Å². The van der Waals surface area contributed by atoms with Crippen molar-refractivity contribution in [3.05, 3.63) is 0 Å². The fraction of sp³-hybridized carbons (Fsp3) is 1.00. The maximum Gasteiger partial charge on any atom is -0.0318 e. The van der Waals surface area contributed by atoms with E-state index < -0.39 is 0 Å². The van der Waals surface area contributed by atoms with E-state index in [0.29, 0.717) is 0 Å². The van der Waals surface area contributed by atoms with Gasteiger partial charge >= 0.3 is 0 Å². The average molecular weight is 176 g/mol. The molecule has 4 aliphatic rings. The molecule has 4 rings (SSSR count). The van der Waals surface area contributed by atoms with Crippen LogP contribution in [0.2, 0.25) is 0 Å². The summed E-state index contributed by atoms with van der Waals surface area (Å²) in [6, 6.07) is 0. The predicted octanol–water partition coefficient (Wildman–Crippen LogP) is 3.18. The minimum absolute atomic E-state index is 1.14. The first-order valence-corrected chi connectivity index (χ1v) is 6.33. The summed E-state index contributed by atoms with van der Waals surface area (Å²) in [7, 11) is 0. The van der Waals surface area contributed by atoms with Crippen LogP contribution in [0.5, 0.6) is 0 Å². The Balaban J connectivity index is 1.45. The zero-order valence-electron chi connectivity index (χ0n) is 8.74. The van der Waals surface area contributed by atoms with Crippen molar-refractivity contribution < 1.29 is 0 Å². The Morgan fingerprint density at radius 2 is 1.77 bits per heavy atom. The van der Waals surface area contributed by atoms with E-state index in [2.05, 4.69) is 13.8 Å². The summed E-state index contributed by atoms with van der Waals surface area (Å²) in [4.78, 5) is 0. The molecule has 0 heteroatoms. The summed E-state index contributed by atoms with van der Waals surface area (Å²) < 4.78 is 0. The van der Waals surface area contributed by atoms with E-state index in [9.17, 15) is 0 Å². The zero-order chi connectivity index (χ0) is 8.74. The Kier molecular flexibility index (Phi) is 1.12.